The van der Waals surface area contributed by atoms with E-state index in [4.69, 9.17) is 0 Å². The Morgan fingerprint density at radius 1 is 1.29 bits per heavy atom. The van der Waals surface area contributed by atoms with Gasteiger partial charge in [-0.05, 0) is 62.3 Å². The van der Waals surface area contributed by atoms with Crippen molar-refractivity contribution in [2.24, 2.45) is 0 Å². The van der Waals surface area contributed by atoms with Crippen molar-refractivity contribution in [2.45, 2.75) is 54.7 Å². The van der Waals surface area contributed by atoms with Crippen LogP contribution in [0.5, 0.6) is 0 Å². The van der Waals surface area contributed by atoms with Gasteiger partial charge in [0.25, 0.3) is 0 Å². The van der Waals surface area contributed by atoms with Crippen LogP contribution in [0.1, 0.15) is 37.3 Å². The Labute approximate surface area is 149 Å². The van der Waals surface area contributed by atoms with Crippen LogP contribution in [0.2, 0.25) is 0 Å². The fourth-order valence-electron chi connectivity index (χ4n) is 2.82. The number of hydrogen-bond acceptors (Lipinski definition) is 6. The quantitative estimate of drug-likeness (QED) is 0.769. The predicted octanol–water partition coefficient (Wildman–Crippen LogP) is 3.72. The number of carbonyl (C=O) groups excluding carboxylic acids is 1. The van der Waals surface area contributed by atoms with Gasteiger partial charge in [0.2, 0.25) is 11.0 Å². The number of hydrogen-bond donors (Lipinski definition) is 2. The third-order valence-corrected chi connectivity index (χ3v) is 6.36. The molecule has 1 saturated carbocycles. The Morgan fingerprint density at radius 2 is 2.12 bits per heavy atom. The van der Waals surface area contributed by atoms with Crippen LogP contribution in [0.4, 0.5) is 10.8 Å². The van der Waals surface area contributed by atoms with Crippen molar-refractivity contribution in [3.05, 3.63) is 29.3 Å². The average Bonchev–Trinajstić information content (AvgIpc) is 3.07. The highest BCUT2D eigenvalue weighted by molar-refractivity contribution is 8.02. The Kier molecular flexibility index (Phi) is 4.45. The Balaban J connectivity index is 1.34. The molecule has 0 bridgehead atoms. The molecule has 1 aromatic heterocycles. The fraction of sp³-hybridized carbons (Fsp3) is 0.471. The number of aryl methyl sites for hydroxylation is 2. The molecule has 2 aromatic rings. The second kappa shape index (κ2) is 6.72. The molecule has 1 aromatic carbocycles. The summed E-state index contributed by atoms with van der Waals surface area (Å²) >= 11 is 2.98. The highest BCUT2D eigenvalue weighted by Gasteiger charge is 2.23. The van der Waals surface area contributed by atoms with Gasteiger partial charge in [0.05, 0.1) is 5.25 Å². The average molecular weight is 361 g/mol. The standard InChI is InChI=1S/C17H20N4OS2/c1-10(23-17-21-20-16(24-17)19-13-7-8-13)15(22)18-14-6-5-11-3-2-4-12(11)9-14/h5-6,9-10,13H,2-4,7-8H2,1H3,(H,18,22)(H,19,20)/t10-/m0/s1. The molecule has 2 N–H and O–H groups in total. The number of thioether (sulfide) groups is 1. The van der Waals surface area contributed by atoms with Gasteiger partial charge in [-0.1, -0.05) is 29.2 Å². The van der Waals surface area contributed by atoms with Gasteiger partial charge in [-0.25, -0.2) is 0 Å². The number of nitrogens with one attached hydrogen (secondary N) is 2. The summed E-state index contributed by atoms with van der Waals surface area (Å²) in [6.07, 6.45) is 5.91. The van der Waals surface area contributed by atoms with Crippen molar-refractivity contribution in [1.82, 2.24) is 10.2 Å². The molecule has 7 heteroatoms. The summed E-state index contributed by atoms with van der Waals surface area (Å²) in [6, 6.07) is 6.81. The molecule has 1 amide bonds. The van der Waals surface area contributed by atoms with Crippen LogP contribution in [0.15, 0.2) is 22.5 Å². The van der Waals surface area contributed by atoms with Crippen molar-refractivity contribution in [3.63, 3.8) is 0 Å². The summed E-state index contributed by atoms with van der Waals surface area (Å²) in [6.45, 7) is 1.91. The molecule has 1 atom stereocenters. The maximum absolute atomic E-state index is 12.4. The molecule has 2 aliphatic carbocycles. The van der Waals surface area contributed by atoms with Gasteiger partial charge in [0.15, 0.2) is 4.34 Å². The molecule has 4 rings (SSSR count). The molecule has 0 radical (unpaired) electrons. The first-order chi connectivity index (χ1) is 11.7. The maximum atomic E-state index is 12.4. The van der Waals surface area contributed by atoms with Crippen LogP contribution < -0.4 is 10.6 Å². The van der Waals surface area contributed by atoms with Crippen LogP contribution in [-0.4, -0.2) is 27.4 Å². The van der Waals surface area contributed by atoms with E-state index in [9.17, 15) is 4.79 Å². The fourth-order valence-corrected chi connectivity index (χ4v) is 4.79. The largest absolute Gasteiger partial charge is 0.357 e. The molecule has 0 spiro atoms. The topological polar surface area (TPSA) is 66.9 Å². The maximum Gasteiger partial charge on any atom is 0.237 e. The van der Waals surface area contributed by atoms with Crippen LogP contribution in [-0.2, 0) is 17.6 Å². The lowest BCUT2D eigenvalue weighted by Crippen LogP contribution is -2.22. The predicted molar refractivity (Wildman–Crippen MR) is 99.0 cm³/mol. The summed E-state index contributed by atoms with van der Waals surface area (Å²) in [5.41, 5.74) is 3.68. The number of carbonyl (C=O) groups is 1. The number of anilines is 2. The van der Waals surface area contributed by atoms with E-state index < -0.39 is 0 Å². The number of aromatic nitrogens is 2. The minimum Gasteiger partial charge on any atom is -0.357 e. The highest BCUT2D eigenvalue weighted by Crippen LogP contribution is 2.32. The SMILES string of the molecule is C[C@H](Sc1nnc(NC2CC2)s1)C(=O)Nc1ccc2c(c1)CCC2. The number of benzene rings is 1. The first kappa shape index (κ1) is 15.9. The van der Waals surface area contributed by atoms with Gasteiger partial charge < -0.3 is 10.6 Å². The summed E-state index contributed by atoms with van der Waals surface area (Å²) in [5.74, 6) is 0.00449. The van der Waals surface area contributed by atoms with Crippen LogP contribution in [0.25, 0.3) is 0 Å². The van der Waals surface area contributed by atoms with E-state index in [0.717, 1.165) is 28.0 Å². The first-order valence-corrected chi connectivity index (χ1v) is 10.1. The zero-order valence-electron chi connectivity index (χ0n) is 13.5. The van der Waals surface area contributed by atoms with Gasteiger partial charge in [0.1, 0.15) is 0 Å². The number of nitrogens with zero attached hydrogens (tertiary/aromatic N) is 2. The lowest BCUT2D eigenvalue weighted by Gasteiger charge is -2.11. The Bertz CT molecular complexity index is 757. The molecule has 0 aliphatic heterocycles. The molecule has 5 nitrogen and oxygen atoms in total. The van der Waals surface area contributed by atoms with Gasteiger partial charge in [-0.2, -0.15) is 0 Å². The minimum absolute atomic E-state index is 0.00449. The number of fused-ring (bicyclic) bond motifs is 1. The third kappa shape index (κ3) is 3.72. The molecule has 1 heterocycles. The highest BCUT2D eigenvalue weighted by atomic mass is 32.2. The summed E-state index contributed by atoms with van der Waals surface area (Å²) in [5, 5.41) is 15.3. The number of amides is 1. The smallest absolute Gasteiger partial charge is 0.237 e. The molecule has 126 valence electrons. The molecular weight excluding hydrogens is 340 g/mol. The van der Waals surface area contributed by atoms with Crippen LogP contribution in [0.3, 0.4) is 0 Å². The molecule has 2 aliphatic rings. The second-order valence-electron chi connectivity index (χ2n) is 6.38. The van der Waals surface area contributed by atoms with Gasteiger partial charge in [-0.15, -0.1) is 10.2 Å². The summed E-state index contributed by atoms with van der Waals surface area (Å²) in [7, 11) is 0. The Morgan fingerprint density at radius 3 is 2.96 bits per heavy atom. The lowest BCUT2D eigenvalue weighted by atomic mass is 10.1. The van der Waals surface area contributed by atoms with E-state index in [1.54, 1.807) is 0 Å². The number of rotatable bonds is 6. The summed E-state index contributed by atoms with van der Waals surface area (Å²) in [4.78, 5) is 12.4. The van der Waals surface area contributed by atoms with E-state index >= 15 is 0 Å². The van der Waals surface area contributed by atoms with Gasteiger partial charge >= 0.3 is 0 Å². The normalized spacial score (nSPS) is 17.4. The van der Waals surface area contributed by atoms with Crippen molar-refractivity contribution in [2.75, 3.05) is 10.6 Å². The summed E-state index contributed by atoms with van der Waals surface area (Å²) < 4.78 is 0.828. The van der Waals surface area contributed by atoms with E-state index in [2.05, 4.69) is 33.0 Å². The third-order valence-electron chi connectivity index (χ3n) is 4.32. The van der Waals surface area contributed by atoms with E-state index in [0.29, 0.717) is 6.04 Å². The lowest BCUT2D eigenvalue weighted by molar-refractivity contribution is -0.115. The monoisotopic (exact) mass is 360 g/mol. The Hall–Kier alpha value is -1.60. The zero-order chi connectivity index (χ0) is 16.5. The van der Waals surface area contributed by atoms with Crippen LogP contribution >= 0.6 is 23.1 Å². The minimum atomic E-state index is -0.208. The van der Waals surface area contributed by atoms with E-state index in [1.165, 1.54) is 53.5 Å². The van der Waals surface area contributed by atoms with E-state index in [1.807, 2.05) is 13.0 Å². The van der Waals surface area contributed by atoms with Crippen LogP contribution in [0, 0.1) is 0 Å². The van der Waals surface area contributed by atoms with Crippen molar-refractivity contribution >= 4 is 39.8 Å². The molecular formula is C17H20N4OS2. The van der Waals surface area contributed by atoms with Crippen molar-refractivity contribution in [3.8, 4) is 0 Å². The van der Waals surface area contributed by atoms with Crippen molar-refractivity contribution < 1.29 is 4.79 Å². The molecule has 24 heavy (non-hydrogen) atoms. The first-order valence-electron chi connectivity index (χ1n) is 8.37. The second-order valence-corrected chi connectivity index (χ2v) is 8.94. The molecule has 1 fully saturated rings. The van der Waals surface area contributed by atoms with Gasteiger partial charge in [0, 0.05) is 11.7 Å². The van der Waals surface area contributed by atoms with Crippen molar-refractivity contribution in [1.29, 1.82) is 0 Å². The van der Waals surface area contributed by atoms with Gasteiger partial charge in [-0.3, -0.25) is 4.79 Å². The zero-order valence-corrected chi connectivity index (χ0v) is 15.2. The van der Waals surface area contributed by atoms with E-state index in [-0.39, 0.29) is 11.2 Å². The molecule has 0 saturated heterocycles. The molecule has 0 unspecified atom stereocenters.